The monoisotopic (exact) mass is 582 g/mol. The zero-order valence-corrected chi connectivity index (χ0v) is 22.8. The van der Waals surface area contributed by atoms with E-state index in [1.165, 1.54) is 11.0 Å². The third-order valence-electron chi connectivity index (χ3n) is 6.54. The fraction of sp³-hybridized carbons (Fsp3) is 0.286. The normalized spacial score (nSPS) is 18.5. The topological polar surface area (TPSA) is 170 Å². The highest BCUT2D eigenvalue weighted by Crippen LogP contribution is 2.36. The number of ether oxygens (including phenoxy) is 2. The van der Waals surface area contributed by atoms with E-state index in [9.17, 15) is 19.5 Å². The van der Waals surface area contributed by atoms with Crippen molar-refractivity contribution < 1.29 is 29.0 Å². The van der Waals surface area contributed by atoms with E-state index in [4.69, 9.17) is 32.2 Å². The molecule has 2 aliphatic heterocycles. The Balaban J connectivity index is 1.36. The predicted octanol–water partition coefficient (Wildman–Crippen LogP) is 1.02. The highest BCUT2D eigenvalue weighted by Gasteiger charge is 2.34. The first-order chi connectivity index (χ1) is 19.7. The van der Waals surface area contributed by atoms with Gasteiger partial charge in [0.25, 0.3) is 11.8 Å². The molecular weight excluding hydrogens is 552 g/mol. The average Bonchev–Trinajstić information content (AvgIpc) is 3.00. The van der Waals surface area contributed by atoms with Gasteiger partial charge in [-0.1, -0.05) is 24.8 Å². The molecule has 41 heavy (non-hydrogen) atoms. The van der Waals surface area contributed by atoms with Gasteiger partial charge >= 0.3 is 0 Å². The first-order valence-electron chi connectivity index (χ1n) is 12.7. The number of nitrogens with one attached hydrogen (secondary N) is 3. The number of carbonyl (C=O) groups is 3. The minimum Gasteiger partial charge on any atom is -0.477 e. The van der Waals surface area contributed by atoms with Gasteiger partial charge < -0.3 is 46.2 Å². The summed E-state index contributed by atoms with van der Waals surface area (Å²) in [5, 5.41) is 23.9. The number of alkyl halides is 1. The Morgan fingerprint density at radius 3 is 2.61 bits per heavy atom. The van der Waals surface area contributed by atoms with Crippen LogP contribution in [0.25, 0.3) is 0 Å². The number of carbonyl (C=O) groups excluding carboxylic acids is 3. The lowest BCUT2D eigenvalue weighted by molar-refractivity contribution is -0.128. The van der Waals surface area contributed by atoms with Crippen LogP contribution in [0.1, 0.15) is 5.56 Å². The van der Waals surface area contributed by atoms with Crippen LogP contribution in [0.5, 0.6) is 11.5 Å². The minimum absolute atomic E-state index is 0.00849. The fourth-order valence-corrected chi connectivity index (χ4v) is 4.56. The Morgan fingerprint density at radius 2 is 1.90 bits per heavy atom. The maximum atomic E-state index is 12.9. The predicted molar refractivity (Wildman–Crippen MR) is 154 cm³/mol. The molecule has 4 rings (SSSR count). The molecule has 0 aliphatic carbocycles. The van der Waals surface area contributed by atoms with Crippen molar-refractivity contribution in [3.05, 3.63) is 72.5 Å². The summed E-state index contributed by atoms with van der Waals surface area (Å²) in [6.07, 6.45) is 1.14. The van der Waals surface area contributed by atoms with Gasteiger partial charge in [0.15, 0.2) is 12.2 Å². The third-order valence-corrected chi connectivity index (χ3v) is 6.77. The van der Waals surface area contributed by atoms with Gasteiger partial charge in [-0.05, 0) is 35.9 Å². The standard InChI is InChI=1S/C28H31ClN6O6/c1-2-25(36)34-15-23(27(31)38)41-22-9-17(7-8-20(22)34)12-32-13-18(11-30)14-33-28(39)24-16-35(26(37)10-29)19-5-3-4-6-21(19)40-24/h2-9,11,13,23-25,30,32,36H,1,10,12,14-16H2,(H2,31,38)(H,33,39)/b18-13+,30-11?. The van der Waals surface area contributed by atoms with Gasteiger partial charge in [0.2, 0.25) is 5.91 Å². The van der Waals surface area contributed by atoms with Crippen molar-refractivity contribution in [3.8, 4) is 11.5 Å². The van der Waals surface area contributed by atoms with Crippen LogP contribution in [0.15, 0.2) is 66.9 Å². The first-order valence-corrected chi connectivity index (χ1v) is 13.3. The number of anilines is 2. The number of nitrogens with zero attached hydrogens (tertiary/aromatic N) is 2. The van der Waals surface area contributed by atoms with Crippen molar-refractivity contribution in [1.29, 1.82) is 5.41 Å². The summed E-state index contributed by atoms with van der Waals surface area (Å²) in [7, 11) is 0. The molecule has 0 bridgehead atoms. The Labute approximate surface area is 241 Å². The van der Waals surface area contributed by atoms with Crippen molar-refractivity contribution >= 4 is 46.9 Å². The molecule has 12 nitrogen and oxygen atoms in total. The van der Waals surface area contributed by atoms with Gasteiger partial charge in [-0.3, -0.25) is 14.4 Å². The summed E-state index contributed by atoms with van der Waals surface area (Å²) in [6.45, 7) is 4.08. The van der Waals surface area contributed by atoms with Gasteiger partial charge in [0, 0.05) is 31.1 Å². The highest BCUT2D eigenvalue weighted by molar-refractivity contribution is 6.29. The largest absolute Gasteiger partial charge is 0.477 e. The van der Waals surface area contributed by atoms with Crippen LogP contribution in [0.2, 0.25) is 0 Å². The van der Waals surface area contributed by atoms with Crippen LogP contribution in [0.3, 0.4) is 0 Å². The average molecular weight is 583 g/mol. The second kappa shape index (κ2) is 13.2. The molecule has 2 aliphatic rings. The molecule has 2 heterocycles. The molecule has 0 saturated carbocycles. The van der Waals surface area contributed by atoms with E-state index in [2.05, 4.69) is 17.2 Å². The van der Waals surface area contributed by atoms with Crippen LogP contribution in [0.4, 0.5) is 11.4 Å². The van der Waals surface area contributed by atoms with Gasteiger partial charge in [-0.15, -0.1) is 11.6 Å². The van der Waals surface area contributed by atoms with Crippen molar-refractivity contribution in [2.45, 2.75) is 25.0 Å². The van der Waals surface area contributed by atoms with E-state index >= 15 is 0 Å². The first kappa shape index (κ1) is 29.4. The molecule has 0 aromatic heterocycles. The SMILES string of the molecule is C=CC(O)N1CC(C(N)=O)Oc2cc(CN/C=C(\C=N)CNC(=O)C3CN(C(=O)CCl)c4ccccc4O3)ccc21. The molecule has 6 N–H and O–H groups in total. The number of amides is 3. The number of primary amides is 1. The second-order valence-electron chi connectivity index (χ2n) is 9.29. The molecule has 0 radical (unpaired) electrons. The van der Waals surface area contributed by atoms with Crippen LogP contribution in [-0.4, -0.2) is 73.0 Å². The molecule has 0 fully saturated rings. The molecule has 13 heteroatoms. The van der Waals surface area contributed by atoms with E-state index < -0.39 is 30.3 Å². The molecule has 3 unspecified atom stereocenters. The zero-order valence-electron chi connectivity index (χ0n) is 22.1. The van der Waals surface area contributed by atoms with E-state index in [1.807, 2.05) is 6.07 Å². The molecule has 3 amide bonds. The van der Waals surface area contributed by atoms with Crippen LogP contribution < -0.4 is 35.6 Å². The number of rotatable bonds is 11. The zero-order chi connectivity index (χ0) is 29.5. The summed E-state index contributed by atoms with van der Waals surface area (Å²) in [4.78, 5) is 40.0. The summed E-state index contributed by atoms with van der Waals surface area (Å²) in [6, 6.07) is 12.2. The summed E-state index contributed by atoms with van der Waals surface area (Å²) in [5.41, 5.74) is 7.86. The Hall–Kier alpha value is -4.55. The number of halogens is 1. The molecule has 2 aromatic rings. The summed E-state index contributed by atoms with van der Waals surface area (Å²) < 4.78 is 11.6. The fourth-order valence-electron chi connectivity index (χ4n) is 4.42. The molecule has 216 valence electrons. The number of aliphatic hydroxyl groups is 1. The Kier molecular flexibility index (Phi) is 9.48. The molecule has 3 atom stereocenters. The van der Waals surface area contributed by atoms with Gasteiger partial charge in [0.05, 0.1) is 24.5 Å². The lowest BCUT2D eigenvalue weighted by atomic mass is 10.1. The van der Waals surface area contributed by atoms with E-state index in [0.29, 0.717) is 35.0 Å². The van der Waals surface area contributed by atoms with Gasteiger partial charge in [0.1, 0.15) is 23.6 Å². The number of benzene rings is 2. The molecule has 0 saturated heterocycles. The van der Waals surface area contributed by atoms with Crippen molar-refractivity contribution in [2.24, 2.45) is 5.73 Å². The Bertz CT molecular complexity index is 1370. The number of fused-ring (bicyclic) bond motifs is 2. The van der Waals surface area contributed by atoms with E-state index in [1.54, 1.807) is 47.5 Å². The number of aliphatic hydroxyl groups excluding tert-OH is 1. The van der Waals surface area contributed by atoms with Crippen LogP contribution >= 0.6 is 11.6 Å². The number of nitrogens with two attached hydrogens (primary N) is 1. The maximum absolute atomic E-state index is 12.9. The smallest absolute Gasteiger partial charge is 0.263 e. The molecule has 0 spiro atoms. The van der Waals surface area contributed by atoms with Crippen LogP contribution in [-0.2, 0) is 20.9 Å². The van der Waals surface area contributed by atoms with Crippen molar-refractivity contribution in [1.82, 2.24) is 10.6 Å². The second-order valence-corrected chi connectivity index (χ2v) is 9.55. The minimum atomic E-state index is -1.02. The number of hydrogen-bond donors (Lipinski definition) is 5. The van der Waals surface area contributed by atoms with Crippen LogP contribution in [0, 0.1) is 5.41 Å². The maximum Gasteiger partial charge on any atom is 0.263 e. The number of para-hydroxylation sites is 2. The van der Waals surface area contributed by atoms with Crippen molar-refractivity contribution in [3.63, 3.8) is 0 Å². The molecule has 2 aromatic carbocycles. The number of hydrogen-bond acceptors (Lipinski definition) is 9. The quantitative estimate of drug-likeness (QED) is 0.148. The third kappa shape index (κ3) is 6.79. The molecular formula is C28H31ClN6O6. The summed E-state index contributed by atoms with van der Waals surface area (Å²) >= 11 is 5.76. The van der Waals surface area contributed by atoms with E-state index in [0.717, 1.165) is 11.8 Å². The van der Waals surface area contributed by atoms with Crippen molar-refractivity contribution in [2.75, 3.05) is 35.3 Å². The van der Waals surface area contributed by atoms with Gasteiger partial charge in [-0.25, -0.2) is 0 Å². The van der Waals surface area contributed by atoms with Gasteiger partial charge in [-0.2, -0.15) is 0 Å². The lowest BCUT2D eigenvalue weighted by Crippen LogP contribution is -2.51. The summed E-state index contributed by atoms with van der Waals surface area (Å²) in [5.74, 6) is -0.873. The highest BCUT2D eigenvalue weighted by atomic mass is 35.5. The lowest BCUT2D eigenvalue weighted by Gasteiger charge is -2.37. The Morgan fingerprint density at radius 1 is 1.15 bits per heavy atom. The van der Waals surface area contributed by atoms with E-state index in [-0.39, 0.29) is 31.4 Å².